The summed E-state index contributed by atoms with van der Waals surface area (Å²) in [5.74, 6) is 1.48. The van der Waals surface area contributed by atoms with Crippen molar-refractivity contribution in [3.8, 4) is 0 Å². The smallest absolute Gasteiger partial charge is 0.137 e. The van der Waals surface area contributed by atoms with E-state index in [1.807, 2.05) is 0 Å². The molecule has 4 heteroatoms. The number of hydrogen-bond acceptors (Lipinski definition) is 4. The van der Waals surface area contributed by atoms with Crippen LogP contribution in [0.5, 0.6) is 0 Å². The summed E-state index contributed by atoms with van der Waals surface area (Å²) in [6.07, 6.45) is 3.07. The van der Waals surface area contributed by atoms with Gasteiger partial charge in [0, 0.05) is 50.1 Å². The van der Waals surface area contributed by atoms with E-state index in [0.29, 0.717) is 5.78 Å². The molecule has 0 unspecified atom stereocenters. The Morgan fingerprint density at radius 2 is 1.63 bits per heavy atom. The number of aryl methyl sites for hydroxylation is 2. The van der Waals surface area contributed by atoms with Crippen LogP contribution in [0.1, 0.15) is 47.6 Å². The van der Waals surface area contributed by atoms with Crippen LogP contribution in [0.2, 0.25) is 0 Å². The molecule has 2 aromatic rings. The van der Waals surface area contributed by atoms with E-state index in [2.05, 4.69) is 60.0 Å². The van der Waals surface area contributed by atoms with Gasteiger partial charge in [-0.3, -0.25) is 9.69 Å². The van der Waals surface area contributed by atoms with Crippen LogP contribution in [0.15, 0.2) is 41.4 Å². The number of hydrogen-bond donors (Lipinski definition) is 0. The molecule has 4 nitrogen and oxygen atoms in total. The molecule has 5 rings (SSSR count). The van der Waals surface area contributed by atoms with Gasteiger partial charge in [0.15, 0.2) is 0 Å². The second kappa shape index (κ2) is 7.35. The van der Waals surface area contributed by atoms with Gasteiger partial charge in [0.2, 0.25) is 0 Å². The summed E-state index contributed by atoms with van der Waals surface area (Å²) >= 11 is 0. The highest BCUT2D eigenvalue weighted by Gasteiger charge is 2.48. The van der Waals surface area contributed by atoms with Crippen LogP contribution in [0, 0.1) is 19.3 Å². The van der Waals surface area contributed by atoms with Crippen molar-refractivity contribution in [3.63, 3.8) is 0 Å². The Hall–Kier alpha value is -2.46. The van der Waals surface area contributed by atoms with E-state index in [0.717, 1.165) is 63.5 Å². The molecular formula is C26H31N3O. The van der Waals surface area contributed by atoms with Crippen LogP contribution in [-0.2, 0) is 11.2 Å². The standard InChI is InChI=1S/C26H31N3O/c1-18-4-6-23-21(14-18)16-22-15-19(2)5-7-24(22)27-25(23)29-12-10-28(11-13-29)17-26(8-9-26)20(3)30/h4-7,14-15H,8-13,16-17H2,1-3H3. The maximum absolute atomic E-state index is 12.0. The summed E-state index contributed by atoms with van der Waals surface area (Å²) in [6.45, 7) is 10.9. The van der Waals surface area contributed by atoms with Crippen LogP contribution < -0.4 is 0 Å². The van der Waals surface area contributed by atoms with Gasteiger partial charge in [-0.05, 0) is 50.8 Å². The molecule has 2 aromatic carbocycles. The molecule has 0 aromatic heterocycles. The van der Waals surface area contributed by atoms with Crippen molar-refractivity contribution >= 4 is 17.3 Å². The van der Waals surface area contributed by atoms with Crippen LogP contribution >= 0.6 is 0 Å². The zero-order valence-corrected chi connectivity index (χ0v) is 18.4. The fraction of sp³-hybridized carbons (Fsp3) is 0.462. The number of ketones is 1. The summed E-state index contributed by atoms with van der Waals surface area (Å²) in [6, 6.07) is 13.4. The minimum atomic E-state index is -0.0388. The topological polar surface area (TPSA) is 35.9 Å². The average molecular weight is 402 g/mol. The molecule has 0 amide bonds. The molecule has 0 bridgehead atoms. The van der Waals surface area contributed by atoms with Gasteiger partial charge in [0.05, 0.1) is 5.69 Å². The lowest BCUT2D eigenvalue weighted by Gasteiger charge is -2.38. The monoisotopic (exact) mass is 401 g/mol. The molecule has 30 heavy (non-hydrogen) atoms. The molecule has 2 aliphatic heterocycles. The highest BCUT2D eigenvalue weighted by molar-refractivity contribution is 6.02. The Kier molecular flexibility index (Phi) is 4.78. The first-order valence-corrected chi connectivity index (χ1v) is 11.2. The van der Waals surface area contributed by atoms with Gasteiger partial charge in [-0.1, -0.05) is 41.5 Å². The number of rotatable bonds is 3. The van der Waals surface area contributed by atoms with Crippen molar-refractivity contribution in [2.75, 3.05) is 32.7 Å². The quantitative estimate of drug-likeness (QED) is 0.770. The van der Waals surface area contributed by atoms with Gasteiger partial charge < -0.3 is 4.90 Å². The summed E-state index contributed by atoms with van der Waals surface area (Å²) < 4.78 is 0. The number of piperazine rings is 1. The number of Topliss-reactive ketones (excluding diaryl/α,β-unsaturated/α-hetero) is 1. The molecule has 3 aliphatic rings. The van der Waals surface area contributed by atoms with Crippen molar-refractivity contribution in [2.24, 2.45) is 10.4 Å². The first-order valence-electron chi connectivity index (χ1n) is 11.2. The van der Waals surface area contributed by atoms with Gasteiger partial charge in [-0.25, -0.2) is 4.99 Å². The molecule has 0 N–H and O–H groups in total. The van der Waals surface area contributed by atoms with Crippen LogP contribution in [0.3, 0.4) is 0 Å². The Balaban J connectivity index is 1.42. The first-order chi connectivity index (χ1) is 14.4. The Morgan fingerprint density at radius 3 is 2.30 bits per heavy atom. The molecule has 0 radical (unpaired) electrons. The third-order valence-electron chi connectivity index (χ3n) is 7.14. The summed E-state index contributed by atoms with van der Waals surface area (Å²) in [5, 5.41) is 0. The van der Waals surface area contributed by atoms with E-state index in [1.54, 1.807) is 6.92 Å². The summed E-state index contributed by atoms with van der Waals surface area (Å²) in [5.41, 5.74) is 7.60. The van der Waals surface area contributed by atoms with E-state index in [1.165, 1.54) is 27.8 Å². The number of carbonyl (C=O) groups is 1. The Morgan fingerprint density at radius 1 is 0.967 bits per heavy atom. The minimum absolute atomic E-state index is 0.0388. The number of fused-ring (bicyclic) bond motifs is 2. The Labute approximate surface area is 179 Å². The lowest BCUT2D eigenvalue weighted by Crippen LogP contribution is -2.50. The molecular weight excluding hydrogens is 370 g/mol. The Bertz CT molecular complexity index is 1030. The van der Waals surface area contributed by atoms with Crippen LogP contribution in [0.25, 0.3) is 0 Å². The molecule has 156 valence electrons. The maximum atomic E-state index is 12.0. The predicted octanol–water partition coefficient (Wildman–Crippen LogP) is 4.27. The number of benzene rings is 2. The van der Waals surface area contributed by atoms with Gasteiger partial charge in [-0.15, -0.1) is 0 Å². The van der Waals surface area contributed by atoms with Crippen molar-refractivity contribution in [2.45, 2.75) is 40.0 Å². The van der Waals surface area contributed by atoms with Crippen molar-refractivity contribution in [3.05, 3.63) is 64.2 Å². The SMILES string of the molecule is CC(=O)C1(CN2CCN(C3=Nc4ccc(C)cc4Cc4cc(C)ccc43)CC2)CC1. The molecule has 0 atom stereocenters. The highest BCUT2D eigenvalue weighted by Crippen LogP contribution is 2.47. The second-order valence-electron chi connectivity index (χ2n) is 9.50. The lowest BCUT2D eigenvalue weighted by molar-refractivity contribution is -0.122. The van der Waals surface area contributed by atoms with Gasteiger partial charge >= 0.3 is 0 Å². The van der Waals surface area contributed by atoms with E-state index >= 15 is 0 Å². The molecule has 1 saturated heterocycles. The second-order valence-corrected chi connectivity index (χ2v) is 9.50. The van der Waals surface area contributed by atoms with E-state index in [-0.39, 0.29) is 5.41 Å². The highest BCUT2D eigenvalue weighted by atomic mass is 16.1. The summed E-state index contributed by atoms with van der Waals surface area (Å²) in [4.78, 5) is 22.1. The molecule has 1 aliphatic carbocycles. The van der Waals surface area contributed by atoms with Gasteiger partial charge in [0.1, 0.15) is 11.6 Å². The normalized spacial score (nSPS) is 20.1. The van der Waals surface area contributed by atoms with Crippen LogP contribution in [-0.4, -0.2) is 54.1 Å². The zero-order chi connectivity index (χ0) is 20.9. The summed E-state index contributed by atoms with van der Waals surface area (Å²) in [7, 11) is 0. The number of nitrogens with zero attached hydrogens (tertiary/aromatic N) is 3. The maximum Gasteiger partial charge on any atom is 0.137 e. The van der Waals surface area contributed by atoms with Crippen LogP contribution in [0.4, 0.5) is 5.69 Å². The van der Waals surface area contributed by atoms with Gasteiger partial charge in [-0.2, -0.15) is 0 Å². The zero-order valence-electron chi connectivity index (χ0n) is 18.4. The predicted molar refractivity (Wildman–Crippen MR) is 122 cm³/mol. The molecule has 2 heterocycles. The lowest BCUT2D eigenvalue weighted by atomic mass is 9.96. The average Bonchev–Trinajstić information content (AvgIpc) is 3.51. The molecule has 2 fully saturated rings. The number of carbonyl (C=O) groups excluding carboxylic acids is 1. The van der Waals surface area contributed by atoms with E-state index in [9.17, 15) is 4.79 Å². The van der Waals surface area contributed by atoms with E-state index in [4.69, 9.17) is 4.99 Å². The minimum Gasteiger partial charge on any atom is -0.354 e. The first kappa shape index (κ1) is 19.5. The fourth-order valence-electron chi connectivity index (χ4n) is 4.99. The third kappa shape index (κ3) is 3.58. The van der Waals surface area contributed by atoms with Crippen molar-refractivity contribution in [1.29, 1.82) is 0 Å². The van der Waals surface area contributed by atoms with Crippen molar-refractivity contribution < 1.29 is 4.79 Å². The fourth-order valence-corrected chi connectivity index (χ4v) is 4.99. The molecule has 0 spiro atoms. The van der Waals surface area contributed by atoms with E-state index < -0.39 is 0 Å². The number of amidine groups is 1. The van der Waals surface area contributed by atoms with Gasteiger partial charge in [0.25, 0.3) is 0 Å². The third-order valence-corrected chi connectivity index (χ3v) is 7.14. The molecule has 1 saturated carbocycles. The van der Waals surface area contributed by atoms with Crippen molar-refractivity contribution in [1.82, 2.24) is 9.80 Å². The number of aliphatic imine (C=N–C) groups is 1. The largest absolute Gasteiger partial charge is 0.354 e.